The first-order valence-corrected chi connectivity index (χ1v) is 4.99. The van der Waals surface area contributed by atoms with Crippen LogP contribution in [0.3, 0.4) is 0 Å². The predicted octanol–water partition coefficient (Wildman–Crippen LogP) is 2.81. The first kappa shape index (κ1) is 11.0. The molecule has 0 spiro atoms. The van der Waals surface area contributed by atoms with Crippen LogP contribution in [0, 0.1) is 5.92 Å². The molecule has 1 heteroatoms. The summed E-state index contributed by atoms with van der Waals surface area (Å²) in [5.74, 6) is 0.917. The van der Waals surface area contributed by atoms with Crippen LogP contribution in [0.2, 0.25) is 0 Å². The lowest BCUT2D eigenvalue weighted by atomic mass is 10.0. The van der Waals surface area contributed by atoms with E-state index in [0.29, 0.717) is 0 Å². The molecule has 0 radical (unpaired) electrons. The van der Waals surface area contributed by atoms with Crippen LogP contribution < -0.4 is 5.32 Å². The van der Waals surface area contributed by atoms with Crippen molar-refractivity contribution in [3.8, 4) is 0 Å². The van der Waals surface area contributed by atoms with Gasteiger partial charge in [-0.05, 0) is 25.3 Å². The van der Waals surface area contributed by atoms with Gasteiger partial charge >= 0.3 is 0 Å². The molecule has 11 heavy (non-hydrogen) atoms. The van der Waals surface area contributed by atoms with Gasteiger partial charge in [0.05, 0.1) is 0 Å². The predicted molar refractivity (Wildman–Crippen MR) is 51.8 cm³/mol. The zero-order valence-corrected chi connectivity index (χ0v) is 8.48. The Kier molecular flexibility index (Phi) is 6.63. The van der Waals surface area contributed by atoms with E-state index < -0.39 is 0 Å². The topological polar surface area (TPSA) is 12.0 Å². The van der Waals surface area contributed by atoms with Crippen molar-refractivity contribution in [1.29, 1.82) is 0 Å². The van der Waals surface area contributed by atoms with Crippen LogP contribution in [0.15, 0.2) is 0 Å². The SMILES string of the molecule is CCC.CCC1NCCC1C. The molecule has 0 aromatic carbocycles. The van der Waals surface area contributed by atoms with Crippen molar-refractivity contribution >= 4 is 0 Å². The molecule has 1 heterocycles. The standard InChI is InChI=1S/C7H15N.C3H8/c1-3-7-6(2)4-5-8-7;1-3-2/h6-8H,3-5H2,1-2H3;3H2,1-2H3. The molecule has 2 atom stereocenters. The van der Waals surface area contributed by atoms with Crippen LogP contribution in [0.5, 0.6) is 0 Å². The molecule has 68 valence electrons. The molecule has 0 amide bonds. The van der Waals surface area contributed by atoms with E-state index >= 15 is 0 Å². The summed E-state index contributed by atoms with van der Waals surface area (Å²) in [5.41, 5.74) is 0. The Bertz CT molecular complexity index is 80.9. The van der Waals surface area contributed by atoms with Gasteiger partial charge in [-0.2, -0.15) is 0 Å². The minimum atomic E-state index is 0.815. The van der Waals surface area contributed by atoms with Crippen molar-refractivity contribution in [3.63, 3.8) is 0 Å². The molecular weight excluding hydrogens is 134 g/mol. The molecule has 0 aliphatic carbocycles. The van der Waals surface area contributed by atoms with Gasteiger partial charge in [0.1, 0.15) is 0 Å². The van der Waals surface area contributed by atoms with Gasteiger partial charge in [0.15, 0.2) is 0 Å². The van der Waals surface area contributed by atoms with Gasteiger partial charge in [0.2, 0.25) is 0 Å². The fourth-order valence-electron chi connectivity index (χ4n) is 1.45. The zero-order valence-electron chi connectivity index (χ0n) is 8.48. The van der Waals surface area contributed by atoms with Crippen molar-refractivity contribution in [1.82, 2.24) is 5.32 Å². The molecule has 0 bridgehead atoms. The van der Waals surface area contributed by atoms with Gasteiger partial charge in [-0.3, -0.25) is 0 Å². The summed E-state index contributed by atoms with van der Waals surface area (Å²) in [4.78, 5) is 0. The quantitative estimate of drug-likeness (QED) is 0.617. The van der Waals surface area contributed by atoms with Crippen molar-refractivity contribution < 1.29 is 0 Å². The Labute approximate surface area is 71.6 Å². The van der Waals surface area contributed by atoms with Crippen molar-refractivity contribution in [2.24, 2.45) is 5.92 Å². The largest absolute Gasteiger partial charge is 0.314 e. The summed E-state index contributed by atoms with van der Waals surface area (Å²) in [5, 5.41) is 3.46. The molecule has 0 aromatic rings. The third kappa shape index (κ3) is 4.41. The van der Waals surface area contributed by atoms with Crippen LogP contribution in [0.25, 0.3) is 0 Å². The minimum absolute atomic E-state index is 0.815. The van der Waals surface area contributed by atoms with Gasteiger partial charge < -0.3 is 5.32 Å². The monoisotopic (exact) mass is 157 g/mol. The van der Waals surface area contributed by atoms with Crippen LogP contribution in [0.4, 0.5) is 0 Å². The second kappa shape index (κ2) is 6.66. The molecule has 0 aromatic heterocycles. The van der Waals surface area contributed by atoms with Crippen LogP contribution in [-0.4, -0.2) is 12.6 Å². The third-order valence-corrected chi connectivity index (χ3v) is 2.13. The highest BCUT2D eigenvalue weighted by atomic mass is 14.9. The maximum absolute atomic E-state index is 3.46. The van der Waals surface area contributed by atoms with E-state index in [4.69, 9.17) is 0 Å². The fourth-order valence-corrected chi connectivity index (χ4v) is 1.45. The van der Waals surface area contributed by atoms with Crippen LogP contribution in [-0.2, 0) is 0 Å². The Morgan fingerprint density at radius 1 is 1.27 bits per heavy atom. The van der Waals surface area contributed by atoms with Gasteiger partial charge in [-0.25, -0.2) is 0 Å². The number of hydrogen-bond acceptors (Lipinski definition) is 1. The highest BCUT2D eigenvalue weighted by Crippen LogP contribution is 2.15. The maximum Gasteiger partial charge on any atom is 0.00905 e. The van der Waals surface area contributed by atoms with Crippen molar-refractivity contribution in [3.05, 3.63) is 0 Å². The molecule has 1 rings (SSSR count). The molecule has 1 nitrogen and oxygen atoms in total. The lowest BCUT2D eigenvalue weighted by Crippen LogP contribution is -2.24. The van der Waals surface area contributed by atoms with Gasteiger partial charge in [-0.1, -0.05) is 34.1 Å². The lowest BCUT2D eigenvalue weighted by molar-refractivity contribution is 0.470. The van der Waals surface area contributed by atoms with Crippen molar-refractivity contribution in [2.45, 2.75) is 53.0 Å². The zero-order chi connectivity index (χ0) is 8.69. The van der Waals surface area contributed by atoms with Gasteiger partial charge in [0.25, 0.3) is 0 Å². The van der Waals surface area contributed by atoms with E-state index in [-0.39, 0.29) is 0 Å². The molecule has 1 saturated heterocycles. The third-order valence-electron chi connectivity index (χ3n) is 2.13. The van der Waals surface area contributed by atoms with E-state index in [1.807, 2.05) is 0 Å². The van der Waals surface area contributed by atoms with Crippen molar-refractivity contribution in [2.75, 3.05) is 6.54 Å². The molecule has 1 fully saturated rings. The second-order valence-electron chi connectivity index (χ2n) is 3.44. The van der Waals surface area contributed by atoms with E-state index in [9.17, 15) is 0 Å². The number of nitrogens with one attached hydrogen (secondary N) is 1. The average molecular weight is 157 g/mol. The Morgan fingerprint density at radius 2 is 1.82 bits per heavy atom. The highest BCUT2D eigenvalue weighted by molar-refractivity contribution is 4.78. The first-order valence-electron chi connectivity index (χ1n) is 4.99. The fraction of sp³-hybridized carbons (Fsp3) is 1.00. The summed E-state index contributed by atoms with van der Waals surface area (Å²) >= 11 is 0. The summed E-state index contributed by atoms with van der Waals surface area (Å²) in [6, 6.07) is 0.815. The maximum atomic E-state index is 3.46. The number of hydrogen-bond donors (Lipinski definition) is 1. The Hall–Kier alpha value is -0.0400. The van der Waals surface area contributed by atoms with Gasteiger partial charge in [-0.15, -0.1) is 0 Å². The first-order chi connectivity index (χ1) is 5.26. The summed E-state index contributed by atoms with van der Waals surface area (Å²) in [6.07, 6.45) is 3.92. The molecule has 1 N–H and O–H groups in total. The molecular formula is C10H23N. The Balaban J connectivity index is 0.000000292. The van der Waals surface area contributed by atoms with E-state index in [1.54, 1.807) is 0 Å². The normalized spacial score (nSPS) is 29.5. The molecule has 2 unspecified atom stereocenters. The summed E-state index contributed by atoms with van der Waals surface area (Å²) in [6.45, 7) is 10.1. The molecule has 1 aliphatic heterocycles. The molecule has 1 aliphatic rings. The van der Waals surface area contributed by atoms with E-state index in [0.717, 1.165) is 12.0 Å². The molecule has 0 saturated carbocycles. The Morgan fingerprint density at radius 3 is 2.00 bits per heavy atom. The van der Waals surface area contributed by atoms with Crippen LogP contribution >= 0.6 is 0 Å². The van der Waals surface area contributed by atoms with E-state index in [1.165, 1.54) is 25.8 Å². The minimum Gasteiger partial charge on any atom is -0.314 e. The summed E-state index contributed by atoms with van der Waals surface area (Å²) in [7, 11) is 0. The lowest BCUT2D eigenvalue weighted by Gasteiger charge is -2.10. The van der Waals surface area contributed by atoms with Crippen LogP contribution in [0.1, 0.15) is 47.0 Å². The highest BCUT2D eigenvalue weighted by Gasteiger charge is 2.19. The summed E-state index contributed by atoms with van der Waals surface area (Å²) < 4.78 is 0. The average Bonchev–Trinajstić information content (AvgIpc) is 2.36. The van der Waals surface area contributed by atoms with Gasteiger partial charge in [0, 0.05) is 6.04 Å². The smallest absolute Gasteiger partial charge is 0.00905 e. The van der Waals surface area contributed by atoms with E-state index in [2.05, 4.69) is 33.0 Å². The number of rotatable bonds is 1. The second-order valence-corrected chi connectivity index (χ2v) is 3.44.